The Morgan fingerprint density at radius 1 is 1.26 bits per heavy atom. The minimum Gasteiger partial charge on any atom is -0.349 e. The molecule has 0 saturated heterocycles. The van der Waals surface area contributed by atoms with Crippen LogP contribution in [0.1, 0.15) is 23.5 Å². The summed E-state index contributed by atoms with van der Waals surface area (Å²) in [7, 11) is 0. The maximum atomic E-state index is 12.4. The quantitative estimate of drug-likeness (QED) is 0.683. The molecule has 1 amide bonds. The van der Waals surface area contributed by atoms with Crippen molar-refractivity contribution in [1.82, 2.24) is 4.98 Å². The maximum absolute atomic E-state index is 12.4. The van der Waals surface area contributed by atoms with Gasteiger partial charge in [0.25, 0.3) is 5.91 Å². The fourth-order valence-electron chi connectivity index (χ4n) is 2.21. The monoisotopic (exact) mass is 365 g/mol. The molecule has 0 bridgehead atoms. The van der Waals surface area contributed by atoms with E-state index in [0.717, 1.165) is 27.8 Å². The Hall–Kier alpha value is -1.63. The lowest BCUT2D eigenvalue weighted by molar-refractivity contribution is 0.103. The van der Waals surface area contributed by atoms with Crippen LogP contribution in [0.15, 0.2) is 30.3 Å². The first-order valence-corrected chi connectivity index (χ1v) is 9.34. The molecular formula is C16H16ClN3OS2. The highest BCUT2D eigenvalue weighted by atomic mass is 35.5. The van der Waals surface area contributed by atoms with Crippen LogP contribution < -0.4 is 10.2 Å². The summed E-state index contributed by atoms with van der Waals surface area (Å²) < 4.78 is 1.04. The maximum Gasteiger partial charge on any atom is 0.265 e. The van der Waals surface area contributed by atoms with Gasteiger partial charge in [0.05, 0.1) is 20.3 Å². The van der Waals surface area contributed by atoms with E-state index >= 15 is 0 Å². The Morgan fingerprint density at radius 3 is 2.65 bits per heavy atom. The third kappa shape index (κ3) is 3.34. The van der Waals surface area contributed by atoms with Crippen LogP contribution in [0.3, 0.4) is 0 Å². The highest BCUT2D eigenvalue weighted by Crippen LogP contribution is 2.35. The van der Waals surface area contributed by atoms with Gasteiger partial charge < -0.3 is 10.2 Å². The number of halogens is 1. The number of fused-ring (bicyclic) bond motifs is 1. The summed E-state index contributed by atoms with van der Waals surface area (Å²) in [4.78, 5) is 20.8. The smallest absolute Gasteiger partial charge is 0.265 e. The van der Waals surface area contributed by atoms with Gasteiger partial charge in [0.15, 0.2) is 5.13 Å². The van der Waals surface area contributed by atoms with Crippen molar-refractivity contribution in [2.45, 2.75) is 13.8 Å². The molecule has 4 nitrogen and oxygen atoms in total. The van der Waals surface area contributed by atoms with Gasteiger partial charge in [0, 0.05) is 13.1 Å². The van der Waals surface area contributed by atoms with Crippen LogP contribution in [0, 0.1) is 0 Å². The highest BCUT2D eigenvalue weighted by molar-refractivity contribution is 7.29. The van der Waals surface area contributed by atoms with Crippen LogP contribution >= 0.6 is 34.3 Å². The molecule has 0 unspecified atom stereocenters. The van der Waals surface area contributed by atoms with Crippen LogP contribution in [0.25, 0.3) is 9.53 Å². The number of thiophene rings is 1. The molecule has 3 rings (SSSR count). The van der Waals surface area contributed by atoms with Gasteiger partial charge in [-0.2, -0.15) is 0 Å². The van der Waals surface area contributed by atoms with Gasteiger partial charge >= 0.3 is 0 Å². The molecule has 0 spiro atoms. The molecule has 0 aliphatic rings. The molecule has 0 aliphatic heterocycles. The van der Waals surface area contributed by atoms with E-state index in [9.17, 15) is 4.79 Å². The summed E-state index contributed by atoms with van der Waals surface area (Å²) in [6.07, 6.45) is 0. The third-order valence-corrected chi connectivity index (χ3v) is 6.01. The SMILES string of the molecule is CCN(CC)c1nc2sc(C(=O)Nc3ccccc3Cl)cc2s1. The van der Waals surface area contributed by atoms with Gasteiger partial charge in [-0.15, -0.1) is 11.3 Å². The van der Waals surface area contributed by atoms with Crippen LogP contribution in [0.2, 0.25) is 5.02 Å². The number of para-hydroxylation sites is 1. The van der Waals surface area contributed by atoms with E-state index in [0.29, 0.717) is 15.6 Å². The van der Waals surface area contributed by atoms with Crippen molar-refractivity contribution in [3.05, 3.63) is 40.2 Å². The summed E-state index contributed by atoms with van der Waals surface area (Å²) >= 11 is 9.10. The lowest BCUT2D eigenvalue weighted by Crippen LogP contribution is -2.21. The van der Waals surface area contributed by atoms with Crippen molar-refractivity contribution in [3.63, 3.8) is 0 Å². The lowest BCUT2D eigenvalue weighted by atomic mass is 10.3. The number of hydrogen-bond donors (Lipinski definition) is 1. The zero-order chi connectivity index (χ0) is 16.4. The number of carbonyl (C=O) groups is 1. The predicted molar refractivity (Wildman–Crippen MR) is 100 cm³/mol. The summed E-state index contributed by atoms with van der Waals surface area (Å²) in [6, 6.07) is 9.11. The average molecular weight is 366 g/mol. The second-order valence-electron chi connectivity index (χ2n) is 4.88. The number of amides is 1. The second-order valence-corrected chi connectivity index (χ2v) is 7.33. The number of nitrogens with one attached hydrogen (secondary N) is 1. The Labute approximate surface area is 147 Å². The number of anilines is 2. The molecule has 3 aromatic rings. The van der Waals surface area contributed by atoms with Crippen molar-refractivity contribution >= 4 is 60.5 Å². The number of nitrogens with zero attached hydrogens (tertiary/aromatic N) is 2. The van der Waals surface area contributed by atoms with Crippen molar-refractivity contribution in [2.75, 3.05) is 23.3 Å². The van der Waals surface area contributed by atoms with Crippen LogP contribution in [0.4, 0.5) is 10.8 Å². The fourth-order valence-corrected chi connectivity index (χ4v) is 4.63. The van der Waals surface area contributed by atoms with E-state index in [-0.39, 0.29) is 5.91 Å². The largest absolute Gasteiger partial charge is 0.349 e. The normalized spacial score (nSPS) is 10.9. The minimum atomic E-state index is -0.155. The standard InChI is InChI=1S/C16H16ClN3OS2/c1-3-20(4-2)16-19-15-13(23-16)9-12(22-15)14(21)18-11-8-6-5-7-10(11)17/h5-9H,3-4H2,1-2H3,(H,18,21). The molecule has 7 heteroatoms. The van der Waals surface area contributed by atoms with E-state index in [1.807, 2.05) is 18.2 Å². The molecule has 0 atom stereocenters. The Bertz CT molecular complexity index is 807. The zero-order valence-electron chi connectivity index (χ0n) is 12.8. The molecule has 0 radical (unpaired) electrons. The Balaban J connectivity index is 1.82. The van der Waals surface area contributed by atoms with E-state index in [1.54, 1.807) is 23.5 Å². The molecule has 0 saturated carbocycles. The summed E-state index contributed by atoms with van der Waals surface area (Å²) in [6.45, 7) is 6.08. The number of rotatable bonds is 5. The minimum absolute atomic E-state index is 0.155. The van der Waals surface area contributed by atoms with E-state index in [1.165, 1.54) is 11.3 Å². The predicted octanol–water partition coefficient (Wildman–Crippen LogP) is 5.11. The lowest BCUT2D eigenvalue weighted by Gasteiger charge is -2.16. The second kappa shape index (κ2) is 6.86. The van der Waals surface area contributed by atoms with Crippen LogP contribution in [0.5, 0.6) is 0 Å². The molecule has 0 aliphatic carbocycles. The van der Waals surface area contributed by atoms with Gasteiger partial charge in [-0.3, -0.25) is 4.79 Å². The molecule has 2 heterocycles. The van der Waals surface area contributed by atoms with Gasteiger partial charge in [0.2, 0.25) is 0 Å². The molecule has 0 fully saturated rings. The van der Waals surface area contributed by atoms with Gasteiger partial charge in [-0.05, 0) is 32.0 Å². The van der Waals surface area contributed by atoms with E-state index in [4.69, 9.17) is 11.6 Å². The molecule has 2 aromatic heterocycles. The van der Waals surface area contributed by atoms with Crippen LogP contribution in [-0.4, -0.2) is 24.0 Å². The number of aromatic nitrogens is 1. The summed E-state index contributed by atoms with van der Waals surface area (Å²) in [5, 5.41) is 4.38. The average Bonchev–Trinajstić information content (AvgIpc) is 3.10. The van der Waals surface area contributed by atoms with Crippen molar-refractivity contribution < 1.29 is 4.79 Å². The zero-order valence-corrected chi connectivity index (χ0v) is 15.2. The molecular weight excluding hydrogens is 350 g/mol. The third-order valence-electron chi connectivity index (χ3n) is 3.46. The number of hydrogen-bond acceptors (Lipinski definition) is 5. The van der Waals surface area contributed by atoms with Gasteiger partial charge in [0.1, 0.15) is 4.83 Å². The van der Waals surface area contributed by atoms with Crippen molar-refractivity contribution in [3.8, 4) is 0 Å². The van der Waals surface area contributed by atoms with Gasteiger partial charge in [-0.25, -0.2) is 4.98 Å². The first-order valence-electron chi connectivity index (χ1n) is 7.33. The van der Waals surface area contributed by atoms with Crippen molar-refractivity contribution in [1.29, 1.82) is 0 Å². The molecule has 1 N–H and O–H groups in total. The Kier molecular flexibility index (Phi) is 4.84. The Morgan fingerprint density at radius 2 is 2.00 bits per heavy atom. The number of carbonyl (C=O) groups excluding carboxylic acids is 1. The summed E-state index contributed by atoms with van der Waals surface area (Å²) in [5.74, 6) is -0.155. The van der Waals surface area contributed by atoms with Crippen molar-refractivity contribution in [2.24, 2.45) is 0 Å². The summed E-state index contributed by atoms with van der Waals surface area (Å²) in [5.41, 5.74) is 0.618. The van der Waals surface area contributed by atoms with Gasteiger partial charge in [-0.1, -0.05) is 35.1 Å². The highest BCUT2D eigenvalue weighted by Gasteiger charge is 2.16. The number of benzene rings is 1. The van der Waals surface area contributed by atoms with E-state index < -0.39 is 0 Å². The topological polar surface area (TPSA) is 45.2 Å². The van der Waals surface area contributed by atoms with E-state index in [2.05, 4.69) is 29.0 Å². The van der Waals surface area contributed by atoms with Crippen LogP contribution in [-0.2, 0) is 0 Å². The first kappa shape index (κ1) is 16.2. The molecule has 1 aromatic carbocycles. The molecule has 120 valence electrons. The number of thiazole rings is 1. The first-order chi connectivity index (χ1) is 11.1. The molecule has 23 heavy (non-hydrogen) atoms. The fraction of sp³-hybridized carbons (Fsp3) is 0.250.